The number of rotatable bonds is 5. The van der Waals surface area contributed by atoms with Crippen LogP contribution in [0.4, 0.5) is 15.1 Å². The van der Waals surface area contributed by atoms with Crippen LogP contribution < -0.4 is 15.0 Å². The summed E-state index contributed by atoms with van der Waals surface area (Å²) in [7, 11) is 1.66. The molecule has 3 aromatic heterocycles. The molecule has 12 heteroatoms. The fraction of sp³-hybridized carbons (Fsp3) is 0.394. The molecule has 5 aromatic rings. The van der Waals surface area contributed by atoms with Gasteiger partial charge in [0.25, 0.3) is 0 Å². The second-order valence-electron chi connectivity index (χ2n) is 13.1. The minimum absolute atomic E-state index is 0.276. The van der Waals surface area contributed by atoms with Crippen LogP contribution in [0.5, 0.6) is 5.75 Å². The molecule has 1 fully saturated rings. The molecule has 0 unspecified atom stereocenters. The van der Waals surface area contributed by atoms with Crippen molar-refractivity contribution < 1.29 is 18.7 Å². The first-order valence-corrected chi connectivity index (χ1v) is 16.2. The monoisotopic (exact) mass is 723 g/mol. The molecule has 234 valence electrons. The number of carbonyl (C=O) groups is 1. The fourth-order valence-electron chi connectivity index (χ4n) is 6.77. The average molecular weight is 724 g/mol. The number of hydrogen-bond acceptors (Lipinski definition) is 7. The number of imidazole rings is 1. The number of nitrogens with one attached hydrogen (secondary N) is 1. The molecule has 7 rings (SSSR count). The molecule has 1 spiro atoms. The van der Waals surface area contributed by atoms with Crippen molar-refractivity contribution in [2.24, 2.45) is 5.41 Å². The van der Waals surface area contributed by atoms with E-state index in [0.717, 1.165) is 61.6 Å². The first-order valence-electron chi connectivity index (χ1n) is 15.1. The molecule has 1 aliphatic heterocycles. The highest BCUT2D eigenvalue weighted by molar-refractivity contribution is 14.1. The lowest BCUT2D eigenvalue weighted by Crippen LogP contribution is -2.46. The highest BCUT2D eigenvalue weighted by Gasteiger charge is 2.50. The van der Waals surface area contributed by atoms with Gasteiger partial charge in [-0.25, -0.2) is 18.9 Å². The number of aromatic nitrogens is 5. The van der Waals surface area contributed by atoms with E-state index >= 15 is 0 Å². The fourth-order valence-corrected chi connectivity index (χ4v) is 7.52. The van der Waals surface area contributed by atoms with Gasteiger partial charge in [0.05, 0.1) is 19.0 Å². The second kappa shape index (κ2) is 11.1. The summed E-state index contributed by atoms with van der Waals surface area (Å²) in [5.41, 5.74) is 3.69. The number of amides is 1. The van der Waals surface area contributed by atoms with Gasteiger partial charge in [-0.15, -0.1) is 0 Å². The Bertz CT molecular complexity index is 1910. The van der Waals surface area contributed by atoms with Gasteiger partial charge in [0, 0.05) is 36.4 Å². The number of alkyl carbamates (subject to hydrolysis) is 1. The van der Waals surface area contributed by atoms with Crippen molar-refractivity contribution >= 4 is 51.3 Å². The topological polar surface area (TPSA) is 98.8 Å². The normalized spacial score (nSPS) is 17.6. The lowest BCUT2D eigenvalue weighted by Gasteiger charge is -2.43. The molecule has 1 saturated heterocycles. The van der Waals surface area contributed by atoms with Crippen molar-refractivity contribution in [1.82, 2.24) is 29.5 Å². The van der Waals surface area contributed by atoms with Crippen molar-refractivity contribution in [2.45, 2.75) is 58.2 Å². The zero-order chi connectivity index (χ0) is 31.5. The number of ether oxygens (including phenoxy) is 2. The van der Waals surface area contributed by atoms with Gasteiger partial charge >= 0.3 is 6.09 Å². The van der Waals surface area contributed by atoms with E-state index in [1.165, 1.54) is 6.07 Å². The number of nitrogens with zero attached hydrogens (tertiary/aromatic N) is 6. The van der Waals surface area contributed by atoms with E-state index in [1.807, 2.05) is 60.3 Å². The van der Waals surface area contributed by atoms with E-state index in [-0.39, 0.29) is 11.2 Å². The average Bonchev–Trinajstić information content (AvgIpc) is 3.67. The third-order valence-electron chi connectivity index (χ3n) is 8.89. The van der Waals surface area contributed by atoms with Crippen molar-refractivity contribution in [2.75, 3.05) is 25.1 Å². The lowest BCUT2D eigenvalue weighted by atomic mass is 9.74. The zero-order valence-corrected chi connectivity index (χ0v) is 27.8. The molecule has 1 atom stereocenters. The number of halogens is 2. The van der Waals surface area contributed by atoms with Gasteiger partial charge in [0.2, 0.25) is 5.95 Å². The van der Waals surface area contributed by atoms with Crippen molar-refractivity contribution in [3.63, 3.8) is 0 Å². The van der Waals surface area contributed by atoms with E-state index in [0.29, 0.717) is 26.1 Å². The van der Waals surface area contributed by atoms with Crippen molar-refractivity contribution in [3.8, 4) is 5.75 Å². The van der Waals surface area contributed by atoms with E-state index in [9.17, 15) is 9.18 Å². The zero-order valence-electron chi connectivity index (χ0n) is 25.7. The summed E-state index contributed by atoms with van der Waals surface area (Å²) < 4.78 is 30.6. The first kappa shape index (κ1) is 29.8. The molecular weight excluding hydrogens is 688 g/mol. The van der Waals surface area contributed by atoms with Crippen LogP contribution in [0.2, 0.25) is 0 Å². The predicted octanol–water partition coefficient (Wildman–Crippen LogP) is 6.29. The molecule has 45 heavy (non-hydrogen) atoms. The lowest BCUT2D eigenvalue weighted by molar-refractivity contribution is -0.00253. The summed E-state index contributed by atoms with van der Waals surface area (Å²) in [6.45, 7) is 7.70. The summed E-state index contributed by atoms with van der Waals surface area (Å²) >= 11 is 2.26. The van der Waals surface area contributed by atoms with Crippen LogP contribution in [-0.4, -0.2) is 56.0 Å². The Morgan fingerprint density at radius 3 is 2.60 bits per heavy atom. The quantitative estimate of drug-likeness (QED) is 0.213. The molecule has 2 aromatic carbocycles. The maximum atomic E-state index is 14.3. The van der Waals surface area contributed by atoms with Crippen LogP contribution in [0.1, 0.15) is 56.4 Å². The van der Waals surface area contributed by atoms with Gasteiger partial charge < -0.3 is 19.7 Å². The molecule has 0 saturated carbocycles. The minimum Gasteiger partial charge on any atom is -0.497 e. The Balaban J connectivity index is 1.20. The van der Waals surface area contributed by atoms with Gasteiger partial charge in [0.15, 0.2) is 11.3 Å². The number of anilines is 1. The third kappa shape index (κ3) is 5.46. The SMILES string of the molecule is COc1ccc(Cn2nc(I)c3c2nc(N2CCC4(CC2)Cc2cc(F)ccc2[C@H]4OC(=O)NC(C)(C)C)n2ccnc32)cc1. The standard InChI is InChI=1S/C33H35FIN7O3/c1-32(2,3)38-31(43)45-26-24-10-7-22(34)17-21(24)18-33(26)11-14-40(15-12-33)30-37-29-25(28-36-13-16-41(28)30)27(35)39-42(29)19-20-5-8-23(44-4)9-6-20/h5-10,13,16-17,26H,11-12,14-15,18-19H2,1-4H3,(H,38,43)/t26-/m1/s1. The Kier molecular flexibility index (Phi) is 7.37. The Morgan fingerprint density at radius 2 is 1.89 bits per heavy atom. The summed E-state index contributed by atoms with van der Waals surface area (Å²) in [6.07, 6.45) is 4.95. The maximum Gasteiger partial charge on any atom is 0.408 e. The number of benzene rings is 2. The Labute approximate surface area is 274 Å². The van der Waals surface area contributed by atoms with Gasteiger partial charge in [-0.3, -0.25) is 4.40 Å². The van der Waals surface area contributed by atoms with Gasteiger partial charge in [-0.2, -0.15) is 10.1 Å². The summed E-state index contributed by atoms with van der Waals surface area (Å²) in [5, 5.41) is 8.69. The molecule has 0 bridgehead atoms. The van der Waals surface area contributed by atoms with E-state index in [4.69, 9.17) is 24.5 Å². The molecule has 1 aliphatic carbocycles. The molecule has 10 nitrogen and oxygen atoms in total. The van der Waals surface area contributed by atoms with Crippen LogP contribution in [0.25, 0.3) is 16.7 Å². The molecule has 1 N–H and O–H groups in total. The predicted molar refractivity (Wildman–Crippen MR) is 177 cm³/mol. The molecular formula is C33H35FIN7O3. The second-order valence-corrected chi connectivity index (χ2v) is 14.1. The van der Waals surface area contributed by atoms with Crippen LogP contribution in [0, 0.1) is 14.9 Å². The first-order chi connectivity index (χ1) is 21.5. The van der Waals surface area contributed by atoms with Crippen LogP contribution in [-0.2, 0) is 17.7 Å². The van der Waals surface area contributed by atoms with E-state index < -0.39 is 17.7 Å². The third-order valence-corrected chi connectivity index (χ3v) is 9.65. The number of fused-ring (bicyclic) bond motifs is 4. The van der Waals surface area contributed by atoms with Gasteiger partial charge in [-0.1, -0.05) is 18.2 Å². The summed E-state index contributed by atoms with van der Waals surface area (Å²) in [5.74, 6) is 1.32. The molecule has 0 radical (unpaired) electrons. The number of methoxy groups -OCH3 is 1. The van der Waals surface area contributed by atoms with Crippen molar-refractivity contribution in [1.29, 1.82) is 0 Å². The van der Waals surface area contributed by atoms with Crippen molar-refractivity contribution in [3.05, 3.63) is 81.1 Å². The number of carbonyl (C=O) groups excluding carboxylic acids is 1. The highest BCUT2D eigenvalue weighted by Crippen LogP contribution is 2.54. The minimum atomic E-state index is -0.464. The molecule has 1 amide bonds. The van der Waals surface area contributed by atoms with Crippen LogP contribution >= 0.6 is 22.6 Å². The van der Waals surface area contributed by atoms with Crippen LogP contribution in [0.3, 0.4) is 0 Å². The molecule has 2 aliphatic rings. The van der Waals surface area contributed by atoms with Crippen LogP contribution in [0.15, 0.2) is 54.9 Å². The van der Waals surface area contributed by atoms with Gasteiger partial charge in [0.1, 0.15) is 21.4 Å². The molecule has 4 heterocycles. The number of piperidine rings is 1. The van der Waals surface area contributed by atoms with Gasteiger partial charge in [-0.05, 0) is 104 Å². The summed E-state index contributed by atoms with van der Waals surface area (Å²) in [4.78, 5) is 25.2. The van der Waals surface area contributed by atoms with E-state index in [2.05, 4.69) is 32.8 Å². The number of hydrogen-bond donors (Lipinski definition) is 1. The Hall–Kier alpha value is -3.94. The Morgan fingerprint density at radius 1 is 1.13 bits per heavy atom. The smallest absolute Gasteiger partial charge is 0.408 e. The largest absolute Gasteiger partial charge is 0.497 e. The summed E-state index contributed by atoms with van der Waals surface area (Å²) in [6, 6.07) is 12.8. The highest BCUT2D eigenvalue weighted by atomic mass is 127. The maximum absolute atomic E-state index is 14.3. The van der Waals surface area contributed by atoms with E-state index in [1.54, 1.807) is 25.4 Å².